The minimum Gasteiger partial charge on any atom is -0.480 e. The van der Waals surface area contributed by atoms with Crippen molar-refractivity contribution in [3.05, 3.63) is 15.8 Å². The van der Waals surface area contributed by atoms with Gasteiger partial charge in [-0.2, -0.15) is 5.10 Å². The number of aliphatic carboxylic acids is 1. The summed E-state index contributed by atoms with van der Waals surface area (Å²) in [6.07, 6.45) is 1.21. The van der Waals surface area contributed by atoms with Gasteiger partial charge in [-0.15, -0.1) is 0 Å². The van der Waals surface area contributed by atoms with Crippen LogP contribution in [-0.4, -0.2) is 37.9 Å². The molecule has 0 amide bonds. The van der Waals surface area contributed by atoms with Gasteiger partial charge in [0.25, 0.3) is 0 Å². The molecule has 8 nitrogen and oxygen atoms in total. The number of carboxylic acids is 1. The lowest BCUT2D eigenvalue weighted by Crippen LogP contribution is -2.45. The number of aryl methyl sites for hydroxylation is 2. The molecule has 1 N–H and O–H groups in total. The summed E-state index contributed by atoms with van der Waals surface area (Å²) in [6, 6.07) is 0. The Morgan fingerprint density at radius 1 is 1.48 bits per heavy atom. The van der Waals surface area contributed by atoms with Crippen molar-refractivity contribution in [2.45, 2.75) is 46.1 Å². The van der Waals surface area contributed by atoms with E-state index in [1.807, 2.05) is 27.7 Å². The maximum absolute atomic E-state index is 11.4. The molecule has 1 heterocycles. The fourth-order valence-electron chi connectivity index (χ4n) is 2.22. The minimum absolute atomic E-state index is 0.101. The van der Waals surface area contributed by atoms with Gasteiger partial charge in [0.15, 0.2) is 0 Å². The standard InChI is InChI=1S/C13H22N4O4/c1-6-7-9-11(17(20)21)12(15(5)14-9)16(8-10(18)19)13(2,3)4/h6-8H2,1-5H3,(H,18,19). The highest BCUT2D eigenvalue weighted by atomic mass is 16.6. The highest BCUT2D eigenvalue weighted by Crippen LogP contribution is 2.35. The van der Waals surface area contributed by atoms with Gasteiger partial charge in [-0.1, -0.05) is 13.3 Å². The van der Waals surface area contributed by atoms with Crippen LogP contribution < -0.4 is 4.90 Å². The monoisotopic (exact) mass is 298 g/mol. The van der Waals surface area contributed by atoms with Gasteiger partial charge in [-0.25, -0.2) is 4.68 Å². The number of carboxylic acid groups (broad SMARTS) is 1. The molecule has 8 heteroatoms. The van der Waals surface area contributed by atoms with Crippen molar-refractivity contribution in [3.63, 3.8) is 0 Å². The van der Waals surface area contributed by atoms with E-state index >= 15 is 0 Å². The zero-order valence-electron chi connectivity index (χ0n) is 13.1. The van der Waals surface area contributed by atoms with Crippen molar-refractivity contribution in [1.82, 2.24) is 9.78 Å². The summed E-state index contributed by atoms with van der Waals surface area (Å²) in [4.78, 5) is 23.6. The van der Waals surface area contributed by atoms with Gasteiger partial charge >= 0.3 is 11.7 Å². The highest BCUT2D eigenvalue weighted by Gasteiger charge is 2.35. The van der Waals surface area contributed by atoms with Gasteiger partial charge in [0.2, 0.25) is 5.82 Å². The maximum atomic E-state index is 11.4. The molecule has 1 aromatic rings. The molecule has 0 spiro atoms. The molecule has 0 aliphatic carbocycles. The number of hydrogen-bond donors (Lipinski definition) is 1. The Bertz CT molecular complexity index is 545. The molecular formula is C13H22N4O4. The minimum atomic E-state index is -1.04. The molecule has 118 valence electrons. The molecule has 0 bridgehead atoms. The zero-order valence-corrected chi connectivity index (χ0v) is 13.1. The van der Waals surface area contributed by atoms with Crippen molar-refractivity contribution in [3.8, 4) is 0 Å². The van der Waals surface area contributed by atoms with Gasteiger partial charge in [0.1, 0.15) is 12.2 Å². The van der Waals surface area contributed by atoms with Crippen LogP contribution in [0.3, 0.4) is 0 Å². The molecule has 0 radical (unpaired) electrons. The summed E-state index contributed by atoms with van der Waals surface area (Å²) in [7, 11) is 1.60. The molecule has 21 heavy (non-hydrogen) atoms. The van der Waals surface area contributed by atoms with E-state index in [-0.39, 0.29) is 18.1 Å². The van der Waals surface area contributed by atoms with E-state index in [0.29, 0.717) is 12.1 Å². The van der Waals surface area contributed by atoms with Crippen LogP contribution in [0.2, 0.25) is 0 Å². The predicted molar refractivity (Wildman–Crippen MR) is 78.6 cm³/mol. The van der Waals surface area contributed by atoms with Crippen molar-refractivity contribution in [2.75, 3.05) is 11.4 Å². The van der Waals surface area contributed by atoms with Crippen LogP contribution in [-0.2, 0) is 18.3 Å². The third-order valence-electron chi connectivity index (χ3n) is 3.09. The highest BCUT2D eigenvalue weighted by molar-refractivity contribution is 5.76. The summed E-state index contributed by atoms with van der Waals surface area (Å²) >= 11 is 0. The first-order valence-electron chi connectivity index (χ1n) is 6.79. The molecule has 0 atom stereocenters. The Balaban J connectivity index is 3.49. The van der Waals surface area contributed by atoms with Gasteiger partial charge in [0.05, 0.1) is 4.92 Å². The number of hydrogen-bond acceptors (Lipinski definition) is 5. The van der Waals surface area contributed by atoms with Crippen LogP contribution in [0.25, 0.3) is 0 Å². The lowest BCUT2D eigenvalue weighted by Gasteiger charge is -2.35. The van der Waals surface area contributed by atoms with Gasteiger partial charge < -0.3 is 10.0 Å². The molecule has 0 unspecified atom stereocenters. The number of aromatic nitrogens is 2. The molecule has 0 fully saturated rings. The zero-order chi connectivity index (χ0) is 16.4. The van der Waals surface area contributed by atoms with Crippen molar-refractivity contribution in [1.29, 1.82) is 0 Å². The average molecular weight is 298 g/mol. The van der Waals surface area contributed by atoms with Gasteiger partial charge in [-0.05, 0) is 27.2 Å². The molecule has 0 aliphatic heterocycles. The lowest BCUT2D eigenvalue weighted by atomic mass is 10.1. The van der Waals surface area contributed by atoms with Crippen LogP contribution in [0.5, 0.6) is 0 Å². The van der Waals surface area contributed by atoms with Crippen molar-refractivity contribution >= 4 is 17.5 Å². The number of carbonyl (C=O) groups is 1. The van der Waals surface area contributed by atoms with E-state index in [2.05, 4.69) is 5.10 Å². The van der Waals surface area contributed by atoms with Gasteiger partial charge in [-0.3, -0.25) is 14.9 Å². The summed E-state index contributed by atoms with van der Waals surface area (Å²) in [6.45, 7) is 7.02. The van der Waals surface area contributed by atoms with Gasteiger partial charge in [0, 0.05) is 12.6 Å². The third kappa shape index (κ3) is 3.71. The van der Waals surface area contributed by atoms with Crippen LogP contribution in [0.1, 0.15) is 39.8 Å². The number of nitro groups is 1. The second-order valence-corrected chi connectivity index (χ2v) is 5.90. The molecule has 0 saturated heterocycles. The van der Waals surface area contributed by atoms with E-state index in [0.717, 1.165) is 6.42 Å². The van der Waals surface area contributed by atoms with E-state index < -0.39 is 16.4 Å². The second kappa shape index (κ2) is 6.11. The molecule has 0 saturated carbocycles. The van der Waals surface area contributed by atoms with Crippen LogP contribution in [0, 0.1) is 10.1 Å². The molecule has 1 rings (SSSR count). The number of anilines is 1. The van der Waals surface area contributed by atoms with Crippen molar-refractivity contribution in [2.24, 2.45) is 7.05 Å². The predicted octanol–water partition coefficient (Wildman–Crippen LogP) is 1.97. The average Bonchev–Trinajstić information content (AvgIpc) is 2.61. The Morgan fingerprint density at radius 3 is 2.43 bits per heavy atom. The summed E-state index contributed by atoms with van der Waals surface area (Å²) in [5, 5.41) is 24.7. The topological polar surface area (TPSA) is 102 Å². The Kier molecular flexibility index (Phi) is 4.93. The maximum Gasteiger partial charge on any atom is 0.334 e. The lowest BCUT2D eigenvalue weighted by molar-refractivity contribution is -0.384. The first-order chi connectivity index (χ1) is 9.59. The fraction of sp³-hybridized carbons (Fsp3) is 0.692. The Morgan fingerprint density at radius 2 is 2.05 bits per heavy atom. The SMILES string of the molecule is CCCc1nn(C)c(N(CC(=O)O)C(C)(C)C)c1[N+](=O)[O-]. The summed E-state index contributed by atoms with van der Waals surface area (Å²) in [5.74, 6) is -0.809. The van der Waals surface area contributed by atoms with Crippen LogP contribution in [0.4, 0.5) is 11.5 Å². The molecular weight excluding hydrogens is 276 g/mol. The van der Waals surface area contributed by atoms with E-state index in [1.165, 1.54) is 9.58 Å². The first-order valence-corrected chi connectivity index (χ1v) is 6.79. The largest absolute Gasteiger partial charge is 0.480 e. The molecule has 0 aromatic carbocycles. The molecule has 0 aliphatic rings. The summed E-state index contributed by atoms with van der Waals surface area (Å²) in [5.41, 5.74) is -0.296. The van der Waals surface area contributed by atoms with Crippen LogP contribution in [0.15, 0.2) is 0 Å². The Hall–Kier alpha value is -2.12. The van der Waals surface area contributed by atoms with Crippen molar-refractivity contribution < 1.29 is 14.8 Å². The molecule has 1 aromatic heterocycles. The fourth-order valence-corrected chi connectivity index (χ4v) is 2.22. The first kappa shape index (κ1) is 16.9. The number of nitrogens with zero attached hydrogens (tertiary/aromatic N) is 4. The van der Waals surface area contributed by atoms with E-state index in [1.54, 1.807) is 7.05 Å². The quantitative estimate of drug-likeness (QED) is 0.636. The normalized spacial score (nSPS) is 11.5. The second-order valence-electron chi connectivity index (χ2n) is 5.90. The van der Waals surface area contributed by atoms with E-state index in [9.17, 15) is 14.9 Å². The Labute approximate surface area is 123 Å². The third-order valence-corrected chi connectivity index (χ3v) is 3.09. The summed E-state index contributed by atoms with van der Waals surface area (Å²) < 4.78 is 1.40. The van der Waals surface area contributed by atoms with E-state index in [4.69, 9.17) is 5.11 Å². The van der Waals surface area contributed by atoms with Crippen LogP contribution >= 0.6 is 0 Å². The smallest absolute Gasteiger partial charge is 0.334 e. The number of rotatable bonds is 6.